The Hall–Kier alpha value is -2.77. The molecule has 134 valence electrons. The van der Waals surface area contributed by atoms with E-state index in [2.05, 4.69) is 20.7 Å². The molecule has 8 nitrogen and oxygen atoms in total. The lowest BCUT2D eigenvalue weighted by Crippen LogP contribution is -2.43. The largest absolute Gasteiger partial charge is 0.467 e. The van der Waals surface area contributed by atoms with E-state index in [0.29, 0.717) is 12.2 Å². The lowest BCUT2D eigenvalue weighted by Gasteiger charge is -2.17. The first kappa shape index (κ1) is 18.6. The lowest BCUT2D eigenvalue weighted by atomic mass is 10.0. The molecule has 0 aliphatic carbocycles. The highest BCUT2D eigenvalue weighted by atomic mass is 16.5. The molecule has 0 unspecified atom stereocenters. The van der Waals surface area contributed by atoms with Gasteiger partial charge in [0.05, 0.1) is 7.11 Å². The van der Waals surface area contributed by atoms with E-state index in [1.165, 1.54) is 11.9 Å². The minimum absolute atomic E-state index is 0.121. The topological polar surface area (TPSA) is 99.0 Å². The van der Waals surface area contributed by atoms with Crippen LogP contribution in [0.15, 0.2) is 24.3 Å². The fourth-order valence-corrected chi connectivity index (χ4v) is 2.32. The number of hydrogen-bond acceptors (Lipinski definition) is 6. The van der Waals surface area contributed by atoms with Crippen molar-refractivity contribution in [3.05, 3.63) is 29.8 Å². The average Bonchev–Trinajstić information content (AvgIpc) is 3.02. The normalized spacial score (nSPS) is 12.0. The molecule has 8 heteroatoms. The van der Waals surface area contributed by atoms with Gasteiger partial charge in [-0.3, -0.25) is 4.79 Å². The number of nitrogens with zero attached hydrogens (tertiary/aromatic N) is 4. The Labute approximate surface area is 146 Å². The fraction of sp³-hybridized carbons (Fsp3) is 0.471. The monoisotopic (exact) mass is 345 g/mol. The minimum atomic E-state index is -0.683. The van der Waals surface area contributed by atoms with Gasteiger partial charge in [-0.1, -0.05) is 43.7 Å². The van der Waals surface area contributed by atoms with E-state index in [4.69, 9.17) is 4.74 Å². The van der Waals surface area contributed by atoms with Gasteiger partial charge in [0, 0.05) is 5.56 Å². The zero-order chi connectivity index (χ0) is 18.4. The second-order valence-electron chi connectivity index (χ2n) is 6.28. The summed E-state index contributed by atoms with van der Waals surface area (Å²) in [5.74, 6) is -0.153. The van der Waals surface area contributed by atoms with Gasteiger partial charge in [0.15, 0.2) is 0 Å². The number of amides is 1. The van der Waals surface area contributed by atoms with Crippen molar-refractivity contribution >= 4 is 11.9 Å². The Morgan fingerprint density at radius 3 is 2.52 bits per heavy atom. The number of aromatic nitrogens is 4. The summed E-state index contributed by atoms with van der Waals surface area (Å²) in [6.45, 7) is 5.81. The van der Waals surface area contributed by atoms with Crippen LogP contribution >= 0.6 is 0 Å². The molecule has 1 N–H and O–H groups in total. The highest BCUT2D eigenvalue weighted by molar-refractivity contribution is 5.84. The minimum Gasteiger partial charge on any atom is -0.467 e. The molecule has 1 aromatic carbocycles. The summed E-state index contributed by atoms with van der Waals surface area (Å²) >= 11 is 0. The van der Waals surface area contributed by atoms with Crippen molar-refractivity contribution in [2.45, 2.75) is 39.8 Å². The van der Waals surface area contributed by atoms with Crippen molar-refractivity contribution in [2.75, 3.05) is 7.11 Å². The molecule has 0 aliphatic rings. The van der Waals surface area contributed by atoms with Gasteiger partial charge in [-0.15, -0.1) is 10.2 Å². The Bertz CT molecular complexity index is 724. The number of carbonyl (C=O) groups excluding carboxylic acids is 2. The van der Waals surface area contributed by atoms with Gasteiger partial charge in [-0.25, -0.2) is 4.79 Å². The van der Waals surface area contributed by atoms with Crippen molar-refractivity contribution in [1.29, 1.82) is 0 Å². The molecule has 0 aliphatic heterocycles. The summed E-state index contributed by atoms with van der Waals surface area (Å²) in [6.07, 6.45) is 0.498. The Morgan fingerprint density at radius 2 is 1.92 bits per heavy atom. The van der Waals surface area contributed by atoms with E-state index in [9.17, 15) is 9.59 Å². The molecule has 1 amide bonds. The van der Waals surface area contributed by atoms with E-state index < -0.39 is 12.0 Å². The van der Waals surface area contributed by atoms with Crippen molar-refractivity contribution in [3.63, 3.8) is 0 Å². The summed E-state index contributed by atoms with van der Waals surface area (Å²) in [5, 5.41) is 14.7. The van der Waals surface area contributed by atoms with Gasteiger partial charge in [0.2, 0.25) is 11.7 Å². The van der Waals surface area contributed by atoms with Crippen LogP contribution in [0, 0.1) is 12.8 Å². The van der Waals surface area contributed by atoms with Gasteiger partial charge >= 0.3 is 5.97 Å². The third-order valence-corrected chi connectivity index (χ3v) is 3.58. The highest BCUT2D eigenvalue weighted by Crippen LogP contribution is 2.13. The van der Waals surface area contributed by atoms with Crippen LogP contribution in [0.2, 0.25) is 0 Å². The zero-order valence-electron chi connectivity index (χ0n) is 14.9. The van der Waals surface area contributed by atoms with Crippen LogP contribution in [0.5, 0.6) is 0 Å². The molecule has 1 aromatic heterocycles. The van der Waals surface area contributed by atoms with Crippen molar-refractivity contribution in [3.8, 4) is 11.4 Å². The summed E-state index contributed by atoms with van der Waals surface area (Å²) < 4.78 is 4.73. The summed E-state index contributed by atoms with van der Waals surface area (Å²) in [5.41, 5.74) is 1.96. The number of nitrogens with one attached hydrogen (secondary N) is 1. The predicted octanol–water partition coefficient (Wildman–Crippen LogP) is 1.35. The van der Waals surface area contributed by atoms with Crippen LogP contribution in [0.25, 0.3) is 11.4 Å². The molecule has 0 fully saturated rings. The van der Waals surface area contributed by atoms with E-state index in [0.717, 1.165) is 11.1 Å². The molecule has 25 heavy (non-hydrogen) atoms. The lowest BCUT2D eigenvalue weighted by molar-refractivity contribution is -0.145. The standard InChI is InChI=1S/C17H23N5O3/c1-11(2)9-14(17(24)25-4)18-15(23)10-22-20-16(19-21-22)13-7-5-12(3)6-8-13/h5-8,11,14H,9-10H2,1-4H3,(H,18,23)/t14-/m1/s1. The zero-order valence-corrected chi connectivity index (χ0v) is 14.9. The first-order valence-electron chi connectivity index (χ1n) is 8.11. The van der Waals surface area contributed by atoms with Crippen LogP contribution in [-0.4, -0.2) is 45.2 Å². The van der Waals surface area contributed by atoms with Crippen molar-refractivity contribution < 1.29 is 14.3 Å². The Kier molecular flexibility index (Phi) is 6.21. The maximum absolute atomic E-state index is 12.2. The molecular weight excluding hydrogens is 322 g/mol. The number of aryl methyl sites for hydroxylation is 1. The van der Waals surface area contributed by atoms with E-state index in [1.54, 1.807) is 0 Å². The number of methoxy groups -OCH3 is 1. The molecule has 2 aromatic rings. The second-order valence-corrected chi connectivity index (χ2v) is 6.28. The molecule has 0 saturated heterocycles. The molecule has 0 radical (unpaired) electrons. The Balaban J connectivity index is 2.00. The number of benzene rings is 1. The number of rotatable bonds is 7. The maximum atomic E-state index is 12.2. The van der Waals surface area contributed by atoms with Crippen molar-refractivity contribution in [1.82, 2.24) is 25.5 Å². The third kappa shape index (κ3) is 5.37. The number of carbonyl (C=O) groups is 2. The number of esters is 1. The first-order chi connectivity index (χ1) is 11.9. The second kappa shape index (κ2) is 8.36. The van der Waals surface area contributed by atoms with Crippen LogP contribution in [0.3, 0.4) is 0 Å². The van der Waals surface area contributed by atoms with E-state index in [-0.39, 0.29) is 18.4 Å². The number of hydrogen-bond donors (Lipinski definition) is 1. The Morgan fingerprint density at radius 1 is 1.24 bits per heavy atom. The van der Waals surface area contributed by atoms with Gasteiger partial charge < -0.3 is 10.1 Å². The fourth-order valence-electron chi connectivity index (χ4n) is 2.32. The summed E-state index contributed by atoms with van der Waals surface area (Å²) in [6, 6.07) is 7.02. The molecular formula is C17H23N5O3. The average molecular weight is 345 g/mol. The predicted molar refractivity (Wildman–Crippen MR) is 91.4 cm³/mol. The first-order valence-corrected chi connectivity index (χ1v) is 8.11. The van der Waals surface area contributed by atoms with Crippen LogP contribution in [0.1, 0.15) is 25.8 Å². The van der Waals surface area contributed by atoms with Crippen LogP contribution < -0.4 is 5.32 Å². The molecule has 1 heterocycles. The van der Waals surface area contributed by atoms with Crippen molar-refractivity contribution in [2.24, 2.45) is 5.92 Å². The maximum Gasteiger partial charge on any atom is 0.328 e. The van der Waals surface area contributed by atoms with Gasteiger partial charge in [0.1, 0.15) is 12.6 Å². The smallest absolute Gasteiger partial charge is 0.328 e. The van der Waals surface area contributed by atoms with Gasteiger partial charge in [0.25, 0.3) is 0 Å². The third-order valence-electron chi connectivity index (χ3n) is 3.58. The van der Waals surface area contributed by atoms with E-state index >= 15 is 0 Å². The summed E-state index contributed by atoms with van der Waals surface area (Å²) in [7, 11) is 1.30. The highest BCUT2D eigenvalue weighted by Gasteiger charge is 2.23. The molecule has 0 saturated carbocycles. The molecule has 0 spiro atoms. The number of ether oxygens (including phenoxy) is 1. The molecule has 2 rings (SSSR count). The quantitative estimate of drug-likeness (QED) is 0.761. The molecule has 0 bridgehead atoms. The SMILES string of the molecule is COC(=O)[C@@H](CC(C)C)NC(=O)Cn1nnc(-c2ccc(C)cc2)n1. The number of tetrazole rings is 1. The molecule has 1 atom stereocenters. The van der Waals surface area contributed by atoms with E-state index in [1.807, 2.05) is 45.0 Å². The van der Waals surface area contributed by atoms with Crippen LogP contribution in [0.4, 0.5) is 0 Å². The summed E-state index contributed by atoms with van der Waals surface area (Å²) in [4.78, 5) is 25.1. The van der Waals surface area contributed by atoms with Gasteiger partial charge in [-0.2, -0.15) is 4.80 Å². The van der Waals surface area contributed by atoms with Gasteiger partial charge in [-0.05, 0) is 24.5 Å². The van der Waals surface area contributed by atoms with Crippen LogP contribution in [-0.2, 0) is 20.9 Å².